The van der Waals surface area contributed by atoms with Crippen LogP contribution in [0.2, 0.25) is 0 Å². The lowest BCUT2D eigenvalue weighted by atomic mass is 9.89. The largest absolute Gasteiger partial charge is 0.352 e. The standard InChI is InChI=1S/C15H22N4O3S/c16-15(22)17-11(12-7-4-8-23-12)9-13(20)18-19-14(21)10-5-2-1-3-6-10/h4,7-8,10-11H,1-3,5-6,9H2,(H,18,20)(H,19,21)(H3,16,17,22). The van der Waals surface area contributed by atoms with E-state index in [1.54, 1.807) is 0 Å². The van der Waals surface area contributed by atoms with Crippen LogP contribution < -0.4 is 21.9 Å². The maximum absolute atomic E-state index is 12.0. The summed E-state index contributed by atoms with van der Waals surface area (Å²) in [5, 5.41) is 4.39. The maximum Gasteiger partial charge on any atom is 0.312 e. The lowest BCUT2D eigenvalue weighted by Gasteiger charge is -2.21. The Bertz CT molecular complexity index is 541. The fourth-order valence-electron chi connectivity index (χ4n) is 2.72. The summed E-state index contributed by atoms with van der Waals surface area (Å²) < 4.78 is 0. The van der Waals surface area contributed by atoms with Crippen molar-refractivity contribution in [3.63, 3.8) is 0 Å². The average molecular weight is 338 g/mol. The van der Waals surface area contributed by atoms with E-state index in [1.807, 2.05) is 17.5 Å². The minimum absolute atomic E-state index is 0.00833. The molecular weight excluding hydrogens is 316 g/mol. The van der Waals surface area contributed by atoms with Crippen LogP contribution >= 0.6 is 11.3 Å². The molecule has 4 amide bonds. The van der Waals surface area contributed by atoms with Crippen molar-refractivity contribution >= 4 is 29.2 Å². The van der Waals surface area contributed by atoms with Gasteiger partial charge in [0.05, 0.1) is 12.5 Å². The Morgan fingerprint density at radius 2 is 1.96 bits per heavy atom. The number of carbonyl (C=O) groups is 3. The van der Waals surface area contributed by atoms with E-state index in [2.05, 4.69) is 16.2 Å². The molecule has 7 nitrogen and oxygen atoms in total. The summed E-state index contributed by atoms with van der Waals surface area (Å²) in [6.45, 7) is 0. The van der Waals surface area contributed by atoms with Gasteiger partial charge in [0.25, 0.3) is 0 Å². The van der Waals surface area contributed by atoms with Crippen LogP contribution in [0.5, 0.6) is 0 Å². The number of thiophene rings is 1. The number of hydrogen-bond donors (Lipinski definition) is 4. The Morgan fingerprint density at radius 3 is 2.57 bits per heavy atom. The van der Waals surface area contributed by atoms with E-state index in [-0.39, 0.29) is 24.2 Å². The lowest BCUT2D eigenvalue weighted by molar-refractivity contribution is -0.132. The summed E-state index contributed by atoms with van der Waals surface area (Å²) in [5.41, 5.74) is 10.0. The molecule has 126 valence electrons. The van der Waals surface area contributed by atoms with E-state index in [0.29, 0.717) is 0 Å². The third-order valence-electron chi connectivity index (χ3n) is 3.89. The summed E-state index contributed by atoms with van der Waals surface area (Å²) in [7, 11) is 0. The third-order valence-corrected chi connectivity index (χ3v) is 4.88. The first-order valence-electron chi connectivity index (χ1n) is 7.74. The highest BCUT2D eigenvalue weighted by atomic mass is 32.1. The number of urea groups is 1. The van der Waals surface area contributed by atoms with E-state index in [0.717, 1.165) is 37.0 Å². The van der Waals surface area contributed by atoms with Gasteiger partial charge in [-0.2, -0.15) is 0 Å². The normalized spacial score (nSPS) is 16.3. The molecule has 0 saturated heterocycles. The van der Waals surface area contributed by atoms with Crippen molar-refractivity contribution in [3.8, 4) is 0 Å². The van der Waals surface area contributed by atoms with E-state index in [1.165, 1.54) is 11.3 Å². The first-order chi connectivity index (χ1) is 11.1. The van der Waals surface area contributed by atoms with Gasteiger partial charge in [0, 0.05) is 10.8 Å². The van der Waals surface area contributed by atoms with Crippen LogP contribution in [0.15, 0.2) is 17.5 Å². The van der Waals surface area contributed by atoms with Gasteiger partial charge in [-0.05, 0) is 24.3 Å². The molecule has 1 fully saturated rings. The molecular formula is C15H22N4O3S. The third kappa shape index (κ3) is 5.55. The molecule has 1 aliphatic rings. The van der Waals surface area contributed by atoms with Crippen molar-refractivity contribution in [1.82, 2.24) is 16.2 Å². The first-order valence-corrected chi connectivity index (χ1v) is 8.62. The quantitative estimate of drug-likeness (QED) is 0.611. The Morgan fingerprint density at radius 1 is 1.22 bits per heavy atom. The maximum atomic E-state index is 12.0. The Labute approximate surface area is 139 Å². The smallest absolute Gasteiger partial charge is 0.312 e. The van der Waals surface area contributed by atoms with Crippen molar-refractivity contribution < 1.29 is 14.4 Å². The number of amides is 4. The number of rotatable bonds is 5. The Balaban J connectivity index is 1.81. The summed E-state index contributed by atoms with van der Waals surface area (Å²) in [5.74, 6) is -0.546. The molecule has 5 N–H and O–H groups in total. The molecule has 1 aliphatic carbocycles. The van der Waals surface area contributed by atoms with Gasteiger partial charge in [-0.15, -0.1) is 11.3 Å². The highest BCUT2D eigenvalue weighted by molar-refractivity contribution is 7.10. The van der Waals surface area contributed by atoms with Gasteiger partial charge < -0.3 is 11.1 Å². The highest BCUT2D eigenvalue weighted by Gasteiger charge is 2.22. The molecule has 8 heteroatoms. The Hall–Kier alpha value is -2.09. The molecule has 1 aromatic heterocycles. The van der Waals surface area contributed by atoms with Crippen LogP contribution in [0.4, 0.5) is 4.79 Å². The van der Waals surface area contributed by atoms with Crippen molar-refractivity contribution in [2.24, 2.45) is 11.7 Å². The number of primary amides is 1. The summed E-state index contributed by atoms with van der Waals surface area (Å²) in [4.78, 5) is 35.9. The van der Waals surface area contributed by atoms with E-state index in [9.17, 15) is 14.4 Å². The predicted octanol–water partition coefficient (Wildman–Crippen LogP) is 1.58. The lowest BCUT2D eigenvalue weighted by Crippen LogP contribution is -2.46. The molecule has 1 atom stereocenters. The summed E-state index contributed by atoms with van der Waals surface area (Å²) in [6.07, 6.45) is 5.00. The van der Waals surface area contributed by atoms with Gasteiger partial charge in [0.1, 0.15) is 0 Å². The molecule has 1 heterocycles. The number of nitrogens with one attached hydrogen (secondary N) is 3. The number of carbonyl (C=O) groups excluding carboxylic acids is 3. The fourth-order valence-corrected chi connectivity index (χ4v) is 3.50. The first kappa shape index (κ1) is 17.3. The van der Waals surface area contributed by atoms with Gasteiger partial charge >= 0.3 is 6.03 Å². The van der Waals surface area contributed by atoms with Crippen LogP contribution in [0.3, 0.4) is 0 Å². The zero-order chi connectivity index (χ0) is 16.7. The van der Waals surface area contributed by atoms with Crippen molar-refractivity contribution in [2.75, 3.05) is 0 Å². The molecule has 1 unspecified atom stereocenters. The van der Waals surface area contributed by atoms with Gasteiger partial charge in [-0.1, -0.05) is 25.3 Å². The number of hydrogen-bond acceptors (Lipinski definition) is 4. The molecule has 2 rings (SSSR count). The number of hydrazine groups is 1. The zero-order valence-corrected chi connectivity index (χ0v) is 13.7. The molecule has 23 heavy (non-hydrogen) atoms. The van der Waals surface area contributed by atoms with Crippen LogP contribution in [0, 0.1) is 5.92 Å². The monoisotopic (exact) mass is 338 g/mol. The topological polar surface area (TPSA) is 113 Å². The summed E-state index contributed by atoms with van der Waals surface area (Å²) >= 11 is 1.42. The van der Waals surface area contributed by atoms with Crippen molar-refractivity contribution in [3.05, 3.63) is 22.4 Å². The van der Waals surface area contributed by atoms with Gasteiger partial charge in [0.15, 0.2) is 0 Å². The van der Waals surface area contributed by atoms with E-state index >= 15 is 0 Å². The highest BCUT2D eigenvalue weighted by Crippen LogP contribution is 2.24. The average Bonchev–Trinajstić information content (AvgIpc) is 3.07. The number of nitrogens with two attached hydrogens (primary N) is 1. The molecule has 0 radical (unpaired) electrons. The van der Waals surface area contributed by atoms with Crippen LogP contribution in [0.25, 0.3) is 0 Å². The molecule has 0 aromatic carbocycles. The van der Waals surface area contributed by atoms with Crippen LogP contribution in [-0.2, 0) is 9.59 Å². The van der Waals surface area contributed by atoms with Gasteiger partial charge in [-0.25, -0.2) is 4.79 Å². The SMILES string of the molecule is NC(=O)NC(CC(=O)NNC(=O)C1CCCCC1)c1cccs1. The summed E-state index contributed by atoms with van der Waals surface area (Å²) in [6, 6.07) is 2.46. The van der Waals surface area contributed by atoms with Gasteiger partial charge in [0.2, 0.25) is 11.8 Å². The Kier molecular flexibility index (Phi) is 6.40. The van der Waals surface area contributed by atoms with E-state index < -0.39 is 12.1 Å². The molecule has 0 bridgehead atoms. The van der Waals surface area contributed by atoms with Gasteiger partial charge in [-0.3, -0.25) is 20.4 Å². The second-order valence-electron chi connectivity index (χ2n) is 5.65. The molecule has 1 aromatic rings. The predicted molar refractivity (Wildman–Crippen MR) is 87.3 cm³/mol. The second-order valence-corrected chi connectivity index (χ2v) is 6.63. The minimum Gasteiger partial charge on any atom is -0.352 e. The molecule has 1 saturated carbocycles. The van der Waals surface area contributed by atoms with Crippen LogP contribution in [0.1, 0.15) is 49.4 Å². The fraction of sp³-hybridized carbons (Fsp3) is 0.533. The van der Waals surface area contributed by atoms with Crippen molar-refractivity contribution in [1.29, 1.82) is 0 Å². The zero-order valence-electron chi connectivity index (χ0n) is 12.8. The van der Waals surface area contributed by atoms with Crippen LogP contribution in [-0.4, -0.2) is 17.8 Å². The molecule has 0 aliphatic heterocycles. The minimum atomic E-state index is -0.692. The van der Waals surface area contributed by atoms with Crippen molar-refractivity contribution in [2.45, 2.75) is 44.6 Å². The van der Waals surface area contributed by atoms with E-state index in [4.69, 9.17) is 5.73 Å². The second kappa shape index (κ2) is 8.52. The molecule has 0 spiro atoms.